The number of aryl methyl sites for hydroxylation is 1. The molecule has 0 bridgehead atoms. The van der Waals surface area contributed by atoms with Crippen LogP contribution in [0.15, 0.2) is 30.3 Å². The second-order valence-corrected chi connectivity index (χ2v) is 8.53. The third-order valence-corrected chi connectivity index (χ3v) is 6.56. The van der Waals surface area contributed by atoms with Crippen LogP contribution in [-0.4, -0.2) is 25.3 Å². The number of nitrogens with one attached hydrogen (secondary N) is 3. The van der Waals surface area contributed by atoms with Crippen LogP contribution in [0, 0.1) is 6.92 Å². The van der Waals surface area contributed by atoms with E-state index in [-0.39, 0.29) is 6.17 Å². The first kappa shape index (κ1) is 19.7. The third-order valence-electron chi connectivity index (χ3n) is 6.25. The molecule has 4 rings (SSSR count). The van der Waals surface area contributed by atoms with Crippen LogP contribution in [0.3, 0.4) is 0 Å². The third kappa shape index (κ3) is 3.79. The van der Waals surface area contributed by atoms with E-state index >= 15 is 0 Å². The van der Waals surface area contributed by atoms with Gasteiger partial charge in [-0.15, -0.1) is 0 Å². The topological polar surface area (TPSA) is 62.1 Å². The van der Waals surface area contributed by atoms with Crippen LogP contribution in [0.4, 0.5) is 5.69 Å². The molecule has 0 aliphatic carbocycles. The van der Waals surface area contributed by atoms with Crippen molar-refractivity contribution in [2.24, 2.45) is 5.73 Å². The zero-order valence-electron chi connectivity index (χ0n) is 16.8. The number of nitrogens with two attached hydrogens (primary N) is 1. The highest BCUT2D eigenvalue weighted by atomic mass is 35.5. The molecule has 2 atom stereocenters. The zero-order chi connectivity index (χ0) is 19.7. The molecule has 0 radical (unpaired) electrons. The summed E-state index contributed by atoms with van der Waals surface area (Å²) < 4.78 is 0. The molecule has 5 N–H and O–H groups in total. The lowest BCUT2D eigenvalue weighted by Crippen LogP contribution is -2.46. The summed E-state index contributed by atoms with van der Waals surface area (Å²) in [7, 11) is 0. The zero-order valence-corrected chi connectivity index (χ0v) is 17.6. The van der Waals surface area contributed by atoms with Gasteiger partial charge in [-0.2, -0.15) is 0 Å². The number of halogens is 1. The van der Waals surface area contributed by atoms with Gasteiger partial charge in [0.05, 0.1) is 6.17 Å². The summed E-state index contributed by atoms with van der Waals surface area (Å²) in [6.07, 6.45) is 3.31. The second kappa shape index (κ2) is 8.42. The molecule has 150 valence electrons. The van der Waals surface area contributed by atoms with Gasteiger partial charge in [0.25, 0.3) is 0 Å². The Labute approximate surface area is 173 Å². The van der Waals surface area contributed by atoms with Crippen molar-refractivity contribution in [3.05, 3.63) is 52.0 Å². The van der Waals surface area contributed by atoms with Gasteiger partial charge in [-0.3, -0.25) is 5.32 Å². The van der Waals surface area contributed by atoms with Crippen molar-refractivity contribution < 1.29 is 0 Å². The number of anilines is 1. The summed E-state index contributed by atoms with van der Waals surface area (Å²) >= 11 is 6.61. The molecule has 1 fully saturated rings. The van der Waals surface area contributed by atoms with E-state index in [0.717, 1.165) is 49.5 Å². The molecular formula is C23H31ClN4. The lowest BCUT2D eigenvalue weighted by molar-refractivity contribution is 0.403. The van der Waals surface area contributed by atoms with Crippen LogP contribution in [0.5, 0.6) is 0 Å². The van der Waals surface area contributed by atoms with Crippen molar-refractivity contribution >= 4 is 17.3 Å². The fourth-order valence-corrected chi connectivity index (χ4v) is 5.08. The van der Waals surface area contributed by atoms with E-state index in [9.17, 15) is 0 Å². The Hall–Kier alpha value is -1.59. The Bertz CT molecular complexity index is 824. The van der Waals surface area contributed by atoms with E-state index in [1.165, 1.54) is 27.9 Å². The predicted octanol–water partition coefficient (Wildman–Crippen LogP) is 4.36. The van der Waals surface area contributed by atoms with Crippen molar-refractivity contribution in [2.45, 2.75) is 57.8 Å². The maximum Gasteiger partial charge on any atom is 0.0620 e. The lowest BCUT2D eigenvalue weighted by Gasteiger charge is -2.36. The second-order valence-electron chi connectivity index (χ2n) is 8.12. The first-order valence-corrected chi connectivity index (χ1v) is 10.8. The van der Waals surface area contributed by atoms with Crippen molar-refractivity contribution in [1.29, 1.82) is 0 Å². The van der Waals surface area contributed by atoms with Gasteiger partial charge in [-0.1, -0.05) is 30.7 Å². The molecule has 2 aliphatic rings. The van der Waals surface area contributed by atoms with E-state index < -0.39 is 0 Å². The van der Waals surface area contributed by atoms with Crippen LogP contribution in [0.2, 0.25) is 5.02 Å². The number of benzene rings is 2. The molecule has 2 unspecified atom stereocenters. The molecule has 28 heavy (non-hydrogen) atoms. The molecule has 2 heterocycles. The number of piperidine rings is 1. The first-order valence-electron chi connectivity index (χ1n) is 10.5. The van der Waals surface area contributed by atoms with E-state index in [2.05, 4.69) is 48.0 Å². The van der Waals surface area contributed by atoms with Gasteiger partial charge in [0.2, 0.25) is 0 Å². The molecule has 0 saturated carbocycles. The van der Waals surface area contributed by atoms with E-state index in [1.54, 1.807) is 0 Å². The number of hydrogen-bond acceptors (Lipinski definition) is 4. The molecule has 2 aliphatic heterocycles. The smallest absolute Gasteiger partial charge is 0.0620 e. The highest BCUT2D eigenvalue weighted by Gasteiger charge is 2.29. The van der Waals surface area contributed by atoms with Gasteiger partial charge in [0, 0.05) is 34.8 Å². The summed E-state index contributed by atoms with van der Waals surface area (Å²) in [5.41, 5.74) is 13.9. The minimum Gasteiger partial charge on any atom is -0.382 e. The monoisotopic (exact) mass is 398 g/mol. The van der Waals surface area contributed by atoms with Crippen molar-refractivity contribution in [3.8, 4) is 11.1 Å². The fourth-order valence-electron chi connectivity index (χ4n) is 4.75. The Morgan fingerprint density at radius 3 is 2.71 bits per heavy atom. The summed E-state index contributed by atoms with van der Waals surface area (Å²) in [6.45, 7) is 7.29. The molecule has 2 aromatic rings. The number of hydrogen-bond donors (Lipinski definition) is 4. The van der Waals surface area contributed by atoms with Crippen LogP contribution >= 0.6 is 11.6 Å². The Kier molecular flexibility index (Phi) is 5.93. The highest BCUT2D eigenvalue weighted by Crippen LogP contribution is 2.41. The van der Waals surface area contributed by atoms with Crippen molar-refractivity contribution in [3.63, 3.8) is 0 Å². The molecule has 2 aromatic carbocycles. The van der Waals surface area contributed by atoms with Crippen molar-refractivity contribution in [1.82, 2.24) is 10.6 Å². The molecule has 5 heteroatoms. The average Bonchev–Trinajstić information content (AvgIpc) is 2.69. The summed E-state index contributed by atoms with van der Waals surface area (Å²) in [4.78, 5) is 0. The van der Waals surface area contributed by atoms with Crippen LogP contribution in [-0.2, 0) is 6.54 Å². The highest BCUT2D eigenvalue weighted by molar-refractivity contribution is 6.33. The molecule has 4 nitrogen and oxygen atoms in total. The average molecular weight is 399 g/mol. The number of rotatable bonds is 4. The fraction of sp³-hybridized carbons (Fsp3) is 0.478. The van der Waals surface area contributed by atoms with Crippen LogP contribution in [0.1, 0.15) is 48.8 Å². The molecule has 1 saturated heterocycles. The van der Waals surface area contributed by atoms with E-state index in [0.29, 0.717) is 12.0 Å². The normalized spacial score (nSPS) is 22.7. The summed E-state index contributed by atoms with van der Waals surface area (Å²) in [5.74, 6) is 0.314. The Morgan fingerprint density at radius 2 is 2.00 bits per heavy atom. The Morgan fingerprint density at radius 1 is 1.21 bits per heavy atom. The van der Waals surface area contributed by atoms with Gasteiger partial charge in [-0.05, 0) is 79.7 Å². The SMILES string of the molecule is CCC1c2c(cc(-c3c(C)cccc3Cl)cc2NC2CCNCC2)CNC1N. The number of fused-ring (bicyclic) bond motifs is 1. The van der Waals surface area contributed by atoms with Crippen molar-refractivity contribution in [2.75, 3.05) is 18.4 Å². The van der Waals surface area contributed by atoms with Gasteiger partial charge in [-0.25, -0.2) is 0 Å². The van der Waals surface area contributed by atoms with Gasteiger partial charge < -0.3 is 16.4 Å². The maximum absolute atomic E-state index is 6.61. The lowest BCUT2D eigenvalue weighted by atomic mass is 9.83. The first-order chi connectivity index (χ1) is 13.6. The molecule has 0 aromatic heterocycles. The Balaban J connectivity index is 1.83. The van der Waals surface area contributed by atoms with Gasteiger partial charge in [0.15, 0.2) is 0 Å². The largest absolute Gasteiger partial charge is 0.382 e. The summed E-state index contributed by atoms with van der Waals surface area (Å²) in [6, 6.07) is 11.2. The molecule has 0 amide bonds. The summed E-state index contributed by atoms with van der Waals surface area (Å²) in [5, 5.41) is 11.6. The molecule has 0 spiro atoms. The predicted molar refractivity (Wildman–Crippen MR) is 119 cm³/mol. The van der Waals surface area contributed by atoms with E-state index in [1.807, 2.05) is 12.1 Å². The van der Waals surface area contributed by atoms with E-state index in [4.69, 9.17) is 17.3 Å². The maximum atomic E-state index is 6.61. The standard InChI is InChI=1S/C23H31ClN4/c1-3-18-22-16(13-27-23(18)25)11-15(21-14(2)5-4-6-19(21)24)12-20(22)28-17-7-9-26-10-8-17/h4-6,11-12,17-18,23,26-28H,3,7-10,13,25H2,1-2H3. The van der Waals surface area contributed by atoms with Gasteiger partial charge >= 0.3 is 0 Å². The van der Waals surface area contributed by atoms with Crippen LogP contribution in [0.25, 0.3) is 11.1 Å². The molecular weight excluding hydrogens is 368 g/mol. The van der Waals surface area contributed by atoms with Gasteiger partial charge in [0.1, 0.15) is 0 Å². The minimum absolute atomic E-state index is 0.000952. The van der Waals surface area contributed by atoms with Crippen LogP contribution < -0.4 is 21.7 Å². The quantitative estimate of drug-likeness (QED) is 0.618. The minimum atomic E-state index is -0.000952.